The second-order valence-electron chi connectivity index (χ2n) is 9.27. The highest BCUT2D eigenvalue weighted by atomic mass is 32.1. The predicted octanol–water partition coefficient (Wildman–Crippen LogP) is 12.4. The number of fused-ring (bicyclic) bond motifs is 5. The van der Waals surface area contributed by atoms with Gasteiger partial charge in [0.2, 0.25) is 0 Å². The standard InChI is InChI=1S/C30H18F6S4/c1-15-21(13-7-17-3-9-19(10-4-17)29(31,32)33)37-25-23(15)39-28-26-24(40-27(25)28)16(2)22(38-26)14-8-18-5-11-20(12-6-18)30(34,35)36/h3-14H,1-2H3/b13-7+,14-8+. The minimum Gasteiger partial charge on any atom is -0.166 e. The van der Waals surface area contributed by atoms with E-state index in [4.69, 9.17) is 0 Å². The molecule has 0 bridgehead atoms. The van der Waals surface area contributed by atoms with Crippen molar-refractivity contribution in [2.75, 3.05) is 0 Å². The molecule has 0 amide bonds. The Balaban J connectivity index is 1.29. The van der Waals surface area contributed by atoms with Gasteiger partial charge in [-0.15, -0.1) is 45.3 Å². The Kier molecular flexibility index (Phi) is 6.72. The van der Waals surface area contributed by atoms with E-state index in [2.05, 4.69) is 13.8 Å². The molecule has 0 spiro atoms. The zero-order valence-corrected chi connectivity index (χ0v) is 24.1. The molecule has 0 aliphatic heterocycles. The molecule has 0 saturated heterocycles. The summed E-state index contributed by atoms with van der Waals surface area (Å²) in [5, 5.41) is 0. The Morgan fingerprint density at radius 2 is 0.775 bits per heavy atom. The van der Waals surface area contributed by atoms with Gasteiger partial charge in [-0.25, -0.2) is 0 Å². The van der Waals surface area contributed by atoms with Gasteiger partial charge in [-0.3, -0.25) is 0 Å². The quantitative estimate of drug-likeness (QED) is 0.172. The number of halogens is 6. The summed E-state index contributed by atoms with van der Waals surface area (Å²) in [5.74, 6) is 0. The molecule has 4 heterocycles. The molecule has 2 aromatic carbocycles. The maximum atomic E-state index is 12.8. The maximum absolute atomic E-state index is 12.8. The van der Waals surface area contributed by atoms with Gasteiger partial charge in [0.1, 0.15) is 0 Å². The monoisotopic (exact) mass is 620 g/mol. The van der Waals surface area contributed by atoms with E-state index in [1.807, 2.05) is 24.3 Å². The molecule has 0 aliphatic carbocycles. The van der Waals surface area contributed by atoms with E-state index < -0.39 is 23.5 Å². The fourth-order valence-corrected chi connectivity index (χ4v) is 10.2. The van der Waals surface area contributed by atoms with Gasteiger partial charge in [-0.2, -0.15) is 26.3 Å². The van der Waals surface area contributed by atoms with Crippen LogP contribution in [0.3, 0.4) is 0 Å². The fourth-order valence-electron chi connectivity index (χ4n) is 4.40. The molecule has 6 rings (SSSR count). The van der Waals surface area contributed by atoms with Gasteiger partial charge in [0.15, 0.2) is 0 Å². The Hall–Kier alpha value is -2.92. The zero-order chi connectivity index (χ0) is 28.4. The summed E-state index contributed by atoms with van der Waals surface area (Å²) in [4.78, 5) is 2.16. The molecule has 0 saturated carbocycles. The highest BCUT2D eigenvalue weighted by Gasteiger charge is 2.30. The molecule has 0 nitrogen and oxygen atoms in total. The van der Waals surface area contributed by atoms with Crippen LogP contribution in [-0.4, -0.2) is 0 Å². The van der Waals surface area contributed by atoms with E-state index in [-0.39, 0.29) is 0 Å². The smallest absolute Gasteiger partial charge is 0.166 e. The van der Waals surface area contributed by atoms with Crippen LogP contribution in [0, 0.1) is 13.8 Å². The van der Waals surface area contributed by atoms with Crippen molar-refractivity contribution in [3.8, 4) is 0 Å². The summed E-state index contributed by atoms with van der Waals surface area (Å²) >= 11 is 6.89. The highest BCUT2D eigenvalue weighted by Crippen LogP contribution is 2.52. The van der Waals surface area contributed by atoms with Gasteiger partial charge in [-0.05, 0) is 72.5 Å². The molecule has 6 aromatic rings. The molecule has 204 valence electrons. The van der Waals surface area contributed by atoms with E-state index in [1.165, 1.54) is 52.5 Å². The third-order valence-electron chi connectivity index (χ3n) is 6.61. The lowest BCUT2D eigenvalue weighted by molar-refractivity contribution is -0.138. The molecular weight excluding hydrogens is 603 g/mol. The fraction of sp³-hybridized carbons (Fsp3) is 0.133. The Bertz CT molecular complexity index is 1780. The van der Waals surface area contributed by atoms with Crippen LogP contribution >= 0.6 is 45.3 Å². The number of benzene rings is 2. The number of aryl methyl sites for hydroxylation is 2. The second kappa shape index (κ2) is 9.87. The summed E-state index contributed by atoms with van der Waals surface area (Å²) in [6.07, 6.45) is -1.09. The van der Waals surface area contributed by atoms with Crippen LogP contribution in [-0.2, 0) is 12.4 Å². The summed E-state index contributed by atoms with van der Waals surface area (Å²) in [7, 11) is 0. The van der Waals surface area contributed by atoms with Crippen LogP contribution in [0.2, 0.25) is 0 Å². The molecule has 0 N–H and O–H groups in total. The van der Waals surface area contributed by atoms with E-state index >= 15 is 0 Å². The van der Waals surface area contributed by atoms with Crippen molar-refractivity contribution in [2.45, 2.75) is 26.2 Å². The van der Waals surface area contributed by atoms with Gasteiger partial charge in [-0.1, -0.05) is 36.4 Å². The summed E-state index contributed by atoms with van der Waals surface area (Å²) in [6, 6.07) is 10.3. The second-order valence-corrected chi connectivity index (χ2v) is 13.4. The van der Waals surface area contributed by atoms with Gasteiger partial charge < -0.3 is 0 Å². The van der Waals surface area contributed by atoms with Crippen molar-refractivity contribution in [1.29, 1.82) is 0 Å². The number of hydrogen-bond acceptors (Lipinski definition) is 4. The highest BCUT2D eigenvalue weighted by molar-refractivity contribution is 7.44. The average Bonchev–Trinajstić information content (AvgIpc) is 3.60. The largest absolute Gasteiger partial charge is 0.416 e. The van der Waals surface area contributed by atoms with Gasteiger partial charge >= 0.3 is 12.4 Å². The van der Waals surface area contributed by atoms with Gasteiger partial charge in [0.05, 0.1) is 39.3 Å². The van der Waals surface area contributed by atoms with E-state index in [9.17, 15) is 26.3 Å². The summed E-state index contributed by atoms with van der Waals surface area (Å²) in [6.45, 7) is 4.14. The van der Waals surface area contributed by atoms with Gasteiger partial charge in [0.25, 0.3) is 0 Å². The van der Waals surface area contributed by atoms with Crippen LogP contribution in [0.4, 0.5) is 26.3 Å². The summed E-state index contributed by atoms with van der Waals surface area (Å²) in [5.41, 5.74) is 2.40. The van der Waals surface area contributed by atoms with Crippen LogP contribution < -0.4 is 0 Å². The van der Waals surface area contributed by atoms with Gasteiger partial charge in [0, 0.05) is 9.75 Å². The van der Waals surface area contributed by atoms with Crippen LogP contribution in [0.25, 0.3) is 52.5 Å². The van der Waals surface area contributed by atoms with Crippen molar-refractivity contribution in [2.24, 2.45) is 0 Å². The molecule has 0 aliphatic rings. The Morgan fingerprint density at radius 1 is 0.450 bits per heavy atom. The first-order chi connectivity index (χ1) is 18.9. The number of alkyl halides is 6. The first-order valence-corrected chi connectivity index (χ1v) is 15.2. The van der Waals surface area contributed by atoms with Crippen molar-refractivity contribution in [3.05, 3.63) is 91.7 Å². The lowest BCUT2D eigenvalue weighted by atomic mass is 10.1. The molecule has 0 atom stereocenters. The maximum Gasteiger partial charge on any atom is 0.416 e. The minimum atomic E-state index is -4.35. The molecule has 4 aromatic heterocycles. The van der Waals surface area contributed by atoms with Crippen molar-refractivity contribution < 1.29 is 26.3 Å². The van der Waals surface area contributed by atoms with Crippen LogP contribution in [0.1, 0.15) is 43.1 Å². The molecule has 0 radical (unpaired) electrons. The van der Waals surface area contributed by atoms with Crippen molar-refractivity contribution >= 4 is 97.9 Å². The van der Waals surface area contributed by atoms with Crippen LogP contribution in [0.5, 0.6) is 0 Å². The third-order valence-corrected chi connectivity index (χ3v) is 12.5. The Labute approximate surface area is 241 Å². The number of rotatable bonds is 4. The van der Waals surface area contributed by atoms with Crippen molar-refractivity contribution in [3.63, 3.8) is 0 Å². The first kappa shape index (κ1) is 27.3. The first-order valence-electron chi connectivity index (χ1n) is 12.0. The number of thiophene rings is 4. The zero-order valence-electron chi connectivity index (χ0n) is 20.8. The average molecular weight is 621 g/mol. The third kappa shape index (κ3) is 4.91. The summed E-state index contributed by atoms with van der Waals surface area (Å²) < 4.78 is 84.4. The number of hydrogen-bond donors (Lipinski definition) is 0. The van der Waals surface area contributed by atoms with Crippen molar-refractivity contribution in [1.82, 2.24) is 0 Å². The minimum absolute atomic E-state index is 0.661. The normalized spacial score (nSPS) is 13.3. The van der Waals surface area contributed by atoms with E-state index in [1.54, 1.807) is 45.3 Å². The predicted molar refractivity (Wildman–Crippen MR) is 161 cm³/mol. The topological polar surface area (TPSA) is 0 Å². The SMILES string of the molecule is Cc1c(/C=C/c2ccc(C(F)(F)F)cc2)sc2c1sc1c3sc(/C=C/c4ccc(C(F)(F)F)cc4)c(C)c3sc21. The molecular formula is C30H18F6S4. The lowest BCUT2D eigenvalue weighted by Crippen LogP contribution is -2.03. The Morgan fingerprint density at radius 3 is 1.10 bits per heavy atom. The molecule has 0 fully saturated rings. The molecule has 0 unspecified atom stereocenters. The van der Waals surface area contributed by atoms with Crippen LogP contribution in [0.15, 0.2) is 48.5 Å². The van der Waals surface area contributed by atoms with E-state index in [0.717, 1.165) is 45.1 Å². The molecule has 40 heavy (non-hydrogen) atoms. The molecule has 10 heteroatoms. The lowest BCUT2D eigenvalue weighted by Gasteiger charge is -2.05. The van der Waals surface area contributed by atoms with E-state index in [0.29, 0.717) is 11.1 Å².